The minimum Gasteiger partial charge on any atom is -0.478 e. The predicted molar refractivity (Wildman–Crippen MR) is 82.9 cm³/mol. The number of carbonyl (C=O) groups is 2. The Hall–Kier alpha value is -2.38. The number of benzene rings is 1. The van der Waals surface area contributed by atoms with Crippen LogP contribution in [0.1, 0.15) is 4.88 Å². The molecule has 3 N–H and O–H groups in total. The number of carbonyl (C=O) groups excluding carboxylic acids is 1. The molecule has 1 aromatic carbocycles. The standard InChI is InChI=1S/C13H10ClN3O3S/c14-8-2-1-3-9(6-8)16-12(20)17-13-15-7-10(21-13)4-5-11(18)19/h1-7H,(H,18,19)(H2,15,16,17,20). The number of hydrogen-bond acceptors (Lipinski definition) is 4. The molecule has 0 bridgehead atoms. The average molecular weight is 324 g/mol. The zero-order valence-corrected chi connectivity index (χ0v) is 12.1. The molecular weight excluding hydrogens is 314 g/mol. The van der Waals surface area contributed by atoms with E-state index in [2.05, 4.69) is 15.6 Å². The lowest BCUT2D eigenvalue weighted by Gasteiger charge is -2.05. The highest BCUT2D eigenvalue weighted by atomic mass is 35.5. The Kier molecular flexibility index (Phi) is 4.91. The maximum absolute atomic E-state index is 11.8. The lowest BCUT2D eigenvalue weighted by atomic mass is 10.3. The van der Waals surface area contributed by atoms with Gasteiger partial charge >= 0.3 is 12.0 Å². The third-order valence-corrected chi connectivity index (χ3v) is 3.33. The number of halogens is 1. The molecule has 0 aliphatic rings. The fourth-order valence-electron chi connectivity index (χ4n) is 1.40. The van der Waals surface area contributed by atoms with Crippen molar-refractivity contribution in [1.29, 1.82) is 0 Å². The molecular formula is C13H10ClN3O3S. The highest BCUT2D eigenvalue weighted by Gasteiger charge is 2.06. The van der Waals surface area contributed by atoms with E-state index in [1.165, 1.54) is 12.3 Å². The summed E-state index contributed by atoms with van der Waals surface area (Å²) in [5, 5.41) is 14.6. The Bertz CT molecular complexity index is 699. The number of carboxylic acids is 1. The molecule has 0 atom stereocenters. The zero-order chi connectivity index (χ0) is 15.2. The molecule has 0 unspecified atom stereocenters. The molecule has 0 saturated heterocycles. The number of hydrogen-bond donors (Lipinski definition) is 3. The molecule has 0 saturated carbocycles. The van der Waals surface area contributed by atoms with Crippen molar-refractivity contribution < 1.29 is 14.7 Å². The van der Waals surface area contributed by atoms with E-state index in [1.807, 2.05) is 0 Å². The van der Waals surface area contributed by atoms with Gasteiger partial charge in [-0.2, -0.15) is 0 Å². The minimum absolute atomic E-state index is 0.361. The van der Waals surface area contributed by atoms with Gasteiger partial charge in [-0.25, -0.2) is 14.6 Å². The second-order valence-electron chi connectivity index (χ2n) is 3.83. The van der Waals surface area contributed by atoms with Crippen LogP contribution in [0.15, 0.2) is 36.5 Å². The van der Waals surface area contributed by atoms with Gasteiger partial charge < -0.3 is 10.4 Å². The van der Waals surface area contributed by atoms with Crippen molar-refractivity contribution in [3.8, 4) is 0 Å². The fraction of sp³-hybridized carbons (Fsp3) is 0. The Labute approximate surface area is 129 Å². The van der Waals surface area contributed by atoms with E-state index in [0.717, 1.165) is 17.4 Å². The van der Waals surface area contributed by atoms with Gasteiger partial charge in [0.1, 0.15) is 0 Å². The van der Waals surface area contributed by atoms with Crippen molar-refractivity contribution >= 4 is 51.8 Å². The van der Waals surface area contributed by atoms with Crippen LogP contribution in [0.25, 0.3) is 6.08 Å². The lowest BCUT2D eigenvalue weighted by molar-refractivity contribution is -0.131. The quantitative estimate of drug-likeness (QED) is 0.750. The van der Waals surface area contributed by atoms with Crippen molar-refractivity contribution in [2.45, 2.75) is 0 Å². The number of aromatic nitrogens is 1. The van der Waals surface area contributed by atoms with E-state index in [0.29, 0.717) is 20.7 Å². The molecule has 0 spiro atoms. The molecule has 1 heterocycles. The van der Waals surface area contributed by atoms with Crippen molar-refractivity contribution in [3.05, 3.63) is 46.4 Å². The Morgan fingerprint density at radius 2 is 2.14 bits per heavy atom. The number of carboxylic acid groups (broad SMARTS) is 1. The number of rotatable bonds is 4. The van der Waals surface area contributed by atoms with Gasteiger partial charge in [-0.15, -0.1) is 0 Å². The SMILES string of the molecule is O=C(O)C=Cc1cnc(NC(=O)Nc2cccc(Cl)c2)s1. The average Bonchev–Trinajstić information content (AvgIpc) is 2.83. The van der Waals surface area contributed by atoms with Crippen LogP contribution in [-0.2, 0) is 4.79 Å². The van der Waals surface area contributed by atoms with Crippen molar-refractivity contribution in [1.82, 2.24) is 4.98 Å². The van der Waals surface area contributed by atoms with Gasteiger partial charge in [-0.3, -0.25) is 5.32 Å². The first-order valence-electron chi connectivity index (χ1n) is 5.73. The fourth-order valence-corrected chi connectivity index (χ4v) is 2.30. The molecule has 0 fully saturated rings. The molecule has 2 rings (SSSR count). The van der Waals surface area contributed by atoms with Gasteiger partial charge in [-0.1, -0.05) is 29.0 Å². The van der Waals surface area contributed by atoms with Crippen LogP contribution in [0.2, 0.25) is 5.02 Å². The Morgan fingerprint density at radius 1 is 1.33 bits per heavy atom. The third kappa shape index (κ3) is 4.90. The van der Waals surface area contributed by atoms with E-state index in [-0.39, 0.29) is 0 Å². The summed E-state index contributed by atoms with van der Waals surface area (Å²) in [6, 6.07) is 6.28. The summed E-state index contributed by atoms with van der Waals surface area (Å²) in [4.78, 5) is 26.7. The number of anilines is 2. The number of aliphatic carboxylic acids is 1. The van der Waals surface area contributed by atoms with Crippen LogP contribution >= 0.6 is 22.9 Å². The highest BCUT2D eigenvalue weighted by molar-refractivity contribution is 7.16. The summed E-state index contributed by atoms with van der Waals surface area (Å²) < 4.78 is 0. The summed E-state index contributed by atoms with van der Waals surface area (Å²) in [6.07, 6.45) is 3.88. The van der Waals surface area contributed by atoms with Crippen LogP contribution in [0, 0.1) is 0 Å². The predicted octanol–water partition coefficient (Wildman–Crippen LogP) is 3.54. The Morgan fingerprint density at radius 3 is 2.86 bits per heavy atom. The van der Waals surface area contributed by atoms with Gasteiger partial charge in [0.2, 0.25) is 0 Å². The summed E-state index contributed by atoms with van der Waals surface area (Å²) >= 11 is 6.97. The molecule has 1 aromatic heterocycles. The van der Waals surface area contributed by atoms with Crippen LogP contribution in [-0.4, -0.2) is 22.1 Å². The molecule has 6 nitrogen and oxygen atoms in total. The second kappa shape index (κ2) is 6.87. The summed E-state index contributed by atoms with van der Waals surface area (Å²) in [5.74, 6) is -1.04. The number of amides is 2. The normalized spacial score (nSPS) is 10.5. The van der Waals surface area contributed by atoms with Crippen LogP contribution in [0.5, 0.6) is 0 Å². The van der Waals surface area contributed by atoms with Gasteiger partial charge in [-0.05, 0) is 24.3 Å². The molecule has 0 radical (unpaired) electrons. The topological polar surface area (TPSA) is 91.3 Å². The first kappa shape index (κ1) is 15.0. The van der Waals surface area contributed by atoms with Crippen LogP contribution in [0.4, 0.5) is 15.6 Å². The first-order chi connectivity index (χ1) is 10.0. The molecule has 2 amide bonds. The van der Waals surface area contributed by atoms with Crippen LogP contribution in [0.3, 0.4) is 0 Å². The minimum atomic E-state index is -1.04. The van der Waals surface area contributed by atoms with Crippen molar-refractivity contribution in [2.75, 3.05) is 10.6 Å². The summed E-state index contributed by atoms with van der Waals surface area (Å²) in [6.45, 7) is 0. The zero-order valence-electron chi connectivity index (χ0n) is 10.5. The van der Waals surface area contributed by atoms with Crippen molar-refractivity contribution in [2.24, 2.45) is 0 Å². The van der Waals surface area contributed by atoms with Gasteiger partial charge in [0.05, 0.1) is 0 Å². The monoisotopic (exact) mass is 323 g/mol. The number of nitrogens with one attached hydrogen (secondary N) is 2. The molecule has 0 aliphatic heterocycles. The van der Waals surface area contributed by atoms with Crippen molar-refractivity contribution in [3.63, 3.8) is 0 Å². The molecule has 21 heavy (non-hydrogen) atoms. The molecule has 8 heteroatoms. The number of nitrogens with zero attached hydrogens (tertiary/aromatic N) is 1. The maximum Gasteiger partial charge on any atom is 0.328 e. The van der Waals surface area contributed by atoms with E-state index < -0.39 is 12.0 Å². The van der Waals surface area contributed by atoms with E-state index in [1.54, 1.807) is 24.3 Å². The van der Waals surface area contributed by atoms with Crippen LogP contribution < -0.4 is 10.6 Å². The molecule has 108 valence electrons. The van der Waals surface area contributed by atoms with Gasteiger partial charge in [0.25, 0.3) is 0 Å². The second-order valence-corrected chi connectivity index (χ2v) is 5.33. The van der Waals surface area contributed by atoms with E-state index in [4.69, 9.17) is 16.7 Å². The number of thiazole rings is 1. The number of urea groups is 1. The van der Waals surface area contributed by atoms with E-state index in [9.17, 15) is 9.59 Å². The first-order valence-corrected chi connectivity index (χ1v) is 6.93. The largest absolute Gasteiger partial charge is 0.478 e. The molecule has 0 aliphatic carbocycles. The summed E-state index contributed by atoms with van der Waals surface area (Å²) in [7, 11) is 0. The lowest BCUT2D eigenvalue weighted by Crippen LogP contribution is -2.19. The summed E-state index contributed by atoms with van der Waals surface area (Å²) in [5.41, 5.74) is 0.558. The molecule has 2 aromatic rings. The van der Waals surface area contributed by atoms with Gasteiger partial charge in [0, 0.05) is 27.9 Å². The van der Waals surface area contributed by atoms with Gasteiger partial charge in [0.15, 0.2) is 5.13 Å². The maximum atomic E-state index is 11.8. The Balaban J connectivity index is 1.95. The smallest absolute Gasteiger partial charge is 0.328 e. The van der Waals surface area contributed by atoms with E-state index >= 15 is 0 Å². The third-order valence-electron chi connectivity index (χ3n) is 2.22. The highest BCUT2D eigenvalue weighted by Crippen LogP contribution is 2.20.